The van der Waals surface area contributed by atoms with Crippen LogP contribution in [0.4, 0.5) is 10.5 Å². The van der Waals surface area contributed by atoms with Gasteiger partial charge in [-0.05, 0) is 42.8 Å². The Kier molecular flexibility index (Phi) is 8.17. The highest BCUT2D eigenvalue weighted by molar-refractivity contribution is 7.98. The number of nitrogens with one attached hydrogen (secondary N) is 2. The number of ether oxygens (including phenoxy) is 1. The van der Waals surface area contributed by atoms with Crippen molar-refractivity contribution in [1.29, 1.82) is 0 Å². The van der Waals surface area contributed by atoms with Gasteiger partial charge in [-0.2, -0.15) is 0 Å². The first kappa shape index (κ1) is 24.9. The fraction of sp³-hybridized carbons (Fsp3) is 0.160. The van der Waals surface area contributed by atoms with Gasteiger partial charge in [-0.15, -0.1) is 10.2 Å². The summed E-state index contributed by atoms with van der Waals surface area (Å²) in [5, 5.41) is 16.0. The summed E-state index contributed by atoms with van der Waals surface area (Å²) in [6, 6.07) is 20.2. The Morgan fingerprint density at radius 1 is 1.06 bits per heavy atom. The van der Waals surface area contributed by atoms with Crippen LogP contribution in [-0.4, -0.2) is 27.9 Å². The highest BCUT2D eigenvalue weighted by Gasteiger charge is 2.18. The third kappa shape index (κ3) is 6.48. The third-order valence-corrected chi connectivity index (χ3v) is 6.57. The number of hydrogen-bond donors (Lipinski definition) is 2. The van der Waals surface area contributed by atoms with Crippen molar-refractivity contribution in [3.63, 3.8) is 0 Å². The maximum Gasteiger partial charge on any atom is 0.319 e. The molecule has 0 spiro atoms. The molecule has 0 aliphatic heterocycles. The minimum atomic E-state index is -0.385. The van der Waals surface area contributed by atoms with E-state index in [1.807, 2.05) is 16.7 Å². The molecule has 4 aromatic rings. The van der Waals surface area contributed by atoms with Crippen LogP contribution in [0.2, 0.25) is 10.0 Å². The van der Waals surface area contributed by atoms with Gasteiger partial charge in [0.05, 0.1) is 24.4 Å². The summed E-state index contributed by atoms with van der Waals surface area (Å²) < 4.78 is 7.03. The molecule has 4 rings (SSSR count). The predicted octanol–water partition coefficient (Wildman–Crippen LogP) is 6.51. The highest BCUT2D eigenvalue weighted by atomic mass is 35.5. The molecule has 1 aromatic heterocycles. The van der Waals surface area contributed by atoms with Crippen molar-refractivity contribution < 1.29 is 9.53 Å². The Labute approximate surface area is 217 Å². The van der Waals surface area contributed by atoms with Gasteiger partial charge in [-0.25, -0.2) is 4.79 Å². The minimum Gasteiger partial charge on any atom is -0.497 e. The molecule has 2 N–H and O–H groups in total. The van der Waals surface area contributed by atoms with E-state index in [2.05, 4.69) is 46.0 Å². The first-order valence-corrected chi connectivity index (χ1v) is 12.4. The molecule has 10 heteroatoms. The number of carbonyl (C=O) groups is 1. The van der Waals surface area contributed by atoms with E-state index in [9.17, 15) is 4.79 Å². The Bertz CT molecular complexity index is 1350. The number of amides is 2. The highest BCUT2D eigenvalue weighted by Crippen LogP contribution is 2.31. The Hall–Kier alpha value is -3.20. The molecule has 0 saturated heterocycles. The van der Waals surface area contributed by atoms with Crippen molar-refractivity contribution >= 4 is 46.7 Å². The molecular formula is C25H23Cl2N5O2S. The number of carbonyl (C=O) groups excluding carboxylic acids is 1. The molecule has 0 unspecified atom stereocenters. The number of halogens is 2. The van der Waals surface area contributed by atoms with Gasteiger partial charge in [0.15, 0.2) is 11.0 Å². The van der Waals surface area contributed by atoms with Crippen LogP contribution in [0.15, 0.2) is 71.9 Å². The Morgan fingerprint density at radius 3 is 2.66 bits per heavy atom. The second kappa shape index (κ2) is 11.5. The van der Waals surface area contributed by atoms with Crippen LogP contribution in [-0.2, 0) is 12.3 Å². The van der Waals surface area contributed by atoms with E-state index in [0.29, 0.717) is 43.9 Å². The van der Waals surface area contributed by atoms with Crippen molar-refractivity contribution in [2.24, 2.45) is 0 Å². The van der Waals surface area contributed by atoms with E-state index < -0.39 is 0 Å². The first-order chi connectivity index (χ1) is 16.9. The van der Waals surface area contributed by atoms with Crippen LogP contribution < -0.4 is 15.4 Å². The van der Waals surface area contributed by atoms with E-state index in [1.165, 1.54) is 22.9 Å². The van der Waals surface area contributed by atoms with Crippen molar-refractivity contribution in [2.75, 3.05) is 12.4 Å². The number of thioether (sulfide) groups is 1. The zero-order valence-electron chi connectivity index (χ0n) is 19.1. The predicted molar refractivity (Wildman–Crippen MR) is 141 cm³/mol. The number of urea groups is 1. The second-order valence-electron chi connectivity index (χ2n) is 7.65. The number of anilines is 1. The number of nitrogens with zero attached hydrogens (tertiary/aromatic N) is 3. The summed E-state index contributed by atoms with van der Waals surface area (Å²) >= 11 is 14.2. The monoisotopic (exact) mass is 527 g/mol. The summed E-state index contributed by atoms with van der Waals surface area (Å²) in [4.78, 5) is 12.5. The van der Waals surface area contributed by atoms with Gasteiger partial charge in [0, 0.05) is 22.5 Å². The fourth-order valence-electron chi connectivity index (χ4n) is 3.40. The third-order valence-electron chi connectivity index (χ3n) is 5.04. The zero-order valence-corrected chi connectivity index (χ0v) is 21.4. The van der Waals surface area contributed by atoms with Crippen LogP contribution >= 0.6 is 35.0 Å². The lowest BCUT2D eigenvalue weighted by atomic mass is 10.2. The number of hydrogen-bond acceptors (Lipinski definition) is 5. The fourth-order valence-corrected chi connectivity index (χ4v) is 4.80. The number of aryl methyl sites for hydroxylation is 1. The number of methoxy groups -OCH3 is 1. The summed E-state index contributed by atoms with van der Waals surface area (Å²) in [6.07, 6.45) is 0. The van der Waals surface area contributed by atoms with Crippen LogP contribution in [0.1, 0.15) is 17.0 Å². The van der Waals surface area contributed by atoms with Crippen LogP contribution in [0.5, 0.6) is 5.75 Å². The maximum absolute atomic E-state index is 12.5. The summed E-state index contributed by atoms with van der Waals surface area (Å²) in [5.41, 5.74) is 3.65. The van der Waals surface area contributed by atoms with Crippen LogP contribution in [0.3, 0.4) is 0 Å². The average Bonchev–Trinajstić information content (AvgIpc) is 3.24. The number of rotatable bonds is 8. The van der Waals surface area contributed by atoms with Gasteiger partial charge in [0.25, 0.3) is 0 Å². The van der Waals surface area contributed by atoms with Crippen molar-refractivity contribution in [3.05, 3.63) is 93.7 Å². The van der Waals surface area contributed by atoms with Gasteiger partial charge in [0.2, 0.25) is 0 Å². The topological polar surface area (TPSA) is 81.1 Å². The van der Waals surface area contributed by atoms with E-state index in [4.69, 9.17) is 27.9 Å². The Balaban J connectivity index is 1.54. The molecule has 0 bridgehead atoms. The standard InChI is InChI=1S/C25H23Cl2N5O2S/c1-16-5-3-6-17(11-16)15-35-25-31-30-23(32(25)22-10-9-18(26)12-21(22)27)14-28-24(33)29-19-7-4-8-20(13-19)34-2/h3-13H,14-15H2,1-2H3,(H2,28,29,33). The van der Waals surface area contributed by atoms with Crippen LogP contribution in [0, 0.1) is 6.92 Å². The first-order valence-electron chi connectivity index (χ1n) is 10.7. The second-order valence-corrected chi connectivity index (χ2v) is 9.43. The lowest BCUT2D eigenvalue weighted by molar-refractivity contribution is 0.251. The van der Waals surface area contributed by atoms with Gasteiger partial charge >= 0.3 is 6.03 Å². The molecule has 7 nitrogen and oxygen atoms in total. The van der Waals surface area contributed by atoms with Gasteiger partial charge in [-0.1, -0.05) is 70.9 Å². The lowest BCUT2D eigenvalue weighted by Crippen LogP contribution is -2.29. The minimum absolute atomic E-state index is 0.132. The molecule has 35 heavy (non-hydrogen) atoms. The molecule has 0 fully saturated rings. The molecule has 2 amide bonds. The zero-order chi connectivity index (χ0) is 24.8. The van der Waals surface area contributed by atoms with Crippen LogP contribution in [0.25, 0.3) is 5.69 Å². The van der Waals surface area contributed by atoms with Gasteiger partial charge < -0.3 is 15.4 Å². The van der Waals surface area contributed by atoms with E-state index in [1.54, 1.807) is 43.5 Å². The Morgan fingerprint density at radius 2 is 1.89 bits per heavy atom. The molecule has 0 aliphatic rings. The van der Waals surface area contributed by atoms with Crippen molar-refractivity contribution in [1.82, 2.24) is 20.1 Å². The normalized spacial score (nSPS) is 10.7. The van der Waals surface area contributed by atoms with Crippen molar-refractivity contribution in [3.8, 4) is 11.4 Å². The van der Waals surface area contributed by atoms with E-state index in [-0.39, 0.29) is 12.6 Å². The molecule has 0 aliphatic carbocycles. The smallest absolute Gasteiger partial charge is 0.319 e. The molecule has 0 atom stereocenters. The molecule has 180 valence electrons. The molecule has 0 saturated carbocycles. The van der Waals surface area contributed by atoms with E-state index >= 15 is 0 Å². The van der Waals surface area contributed by atoms with Gasteiger partial charge in [0.1, 0.15) is 5.75 Å². The largest absolute Gasteiger partial charge is 0.497 e. The molecular weight excluding hydrogens is 505 g/mol. The molecule has 3 aromatic carbocycles. The number of aromatic nitrogens is 3. The lowest BCUT2D eigenvalue weighted by Gasteiger charge is -2.13. The van der Waals surface area contributed by atoms with E-state index in [0.717, 1.165) is 0 Å². The quantitative estimate of drug-likeness (QED) is 0.255. The van der Waals surface area contributed by atoms with Crippen molar-refractivity contribution in [2.45, 2.75) is 24.4 Å². The number of benzene rings is 3. The summed E-state index contributed by atoms with van der Waals surface area (Å²) in [7, 11) is 1.57. The summed E-state index contributed by atoms with van der Waals surface area (Å²) in [6.45, 7) is 2.19. The average molecular weight is 528 g/mol. The van der Waals surface area contributed by atoms with Gasteiger partial charge in [-0.3, -0.25) is 4.57 Å². The maximum atomic E-state index is 12.5. The SMILES string of the molecule is COc1cccc(NC(=O)NCc2nnc(SCc3cccc(C)c3)n2-c2ccc(Cl)cc2Cl)c1. The summed E-state index contributed by atoms with van der Waals surface area (Å²) in [5.74, 6) is 1.88. The molecule has 0 radical (unpaired) electrons. The molecule has 1 heterocycles.